The molecule has 1 aliphatic heterocycles. The number of hydrogen-bond donors (Lipinski definition) is 2. The summed E-state index contributed by atoms with van der Waals surface area (Å²) in [7, 11) is 0. The summed E-state index contributed by atoms with van der Waals surface area (Å²) >= 11 is 0. The number of alkyl halides is 4. The molecule has 2 aromatic rings. The van der Waals surface area contributed by atoms with Gasteiger partial charge in [-0.2, -0.15) is 18.4 Å². The molecule has 12 heteroatoms. The zero-order chi connectivity index (χ0) is 27.1. The Kier molecular flexibility index (Phi) is 7.01. The third-order valence-electron chi connectivity index (χ3n) is 6.69. The van der Waals surface area contributed by atoms with Crippen LogP contribution in [0.4, 0.5) is 33.7 Å². The zero-order valence-electron chi connectivity index (χ0n) is 19.7. The van der Waals surface area contributed by atoms with Crippen molar-refractivity contribution in [2.75, 3.05) is 9.80 Å². The first-order valence-corrected chi connectivity index (χ1v) is 11.6. The smallest absolute Gasteiger partial charge is 0.417 e. The fourth-order valence-electron chi connectivity index (χ4n) is 4.93. The molecule has 1 aliphatic carbocycles. The van der Waals surface area contributed by atoms with E-state index in [9.17, 15) is 32.3 Å². The van der Waals surface area contributed by atoms with Gasteiger partial charge in [-0.25, -0.2) is 9.18 Å². The Morgan fingerprint density at radius 1 is 1.14 bits per heavy atom. The number of anilines is 2. The van der Waals surface area contributed by atoms with Crippen molar-refractivity contribution in [3.63, 3.8) is 0 Å². The number of nitrogens with zero attached hydrogens (tertiary/aromatic N) is 3. The Morgan fingerprint density at radius 2 is 1.70 bits per heavy atom. The molecule has 8 nitrogen and oxygen atoms in total. The highest BCUT2D eigenvalue weighted by Crippen LogP contribution is 2.43. The topological polar surface area (TPSA) is 120 Å². The van der Waals surface area contributed by atoms with Crippen LogP contribution in [0.5, 0.6) is 5.75 Å². The van der Waals surface area contributed by atoms with Crippen molar-refractivity contribution in [3.05, 3.63) is 53.1 Å². The van der Waals surface area contributed by atoms with Gasteiger partial charge in [0, 0.05) is 17.4 Å². The second-order valence-electron chi connectivity index (χ2n) is 9.02. The number of carbonyl (C=O) groups is 2. The van der Waals surface area contributed by atoms with Gasteiger partial charge in [-0.15, -0.1) is 0 Å². The van der Waals surface area contributed by atoms with Gasteiger partial charge < -0.3 is 15.6 Å². The number of nitriles is 1. The van der Waals surface area contributed by atoms with Crippen LogP contribution in [-0.4, -0.2) is 41.6 Å². The molecule has 0 radical (unpaired) electrons. The van der Waals surface area contributed by atoms with Crippen LogP contribution >= 0.6 is 0 Å². The van der Waals surface area contributed by atoms with Crippen LogP contribution in [0, 0.1) is 11.3 Å². The van der Waals surface area contributed by atoms with E-state index in [0.29, 0.717) is 12.8 Å². The molecule has 0 spiro atoms. The molecule has 3 N–H and O–H groups in total. The Hall–Kier alpha value is -3.85. The van der Waals surface area contributed by atoms with Crippen molar-refractivity contribution >= 4 is 23.3 Å². The SMILES string of the molecule is CC(Oc1cc(N2C(=O)N(c3ccc(C#N)c(C(F)(F)F)c3)[C@H]3CCCC[C@@H]32)ccc1C(N)=O)C(O)F. The summed E-state index contributed by atoms with van der Waals surface area (Å²) in [4.78, 5) is 28.3. The van der Waals surface area contributed by atoms with Crippen molar-refractivity contribution < 1.29 is 37.0 Å². The Morgan fingerprint density at radius 3 is 2.22 bits per heavy atom. The molecule has 1 heterocycles. The fourth-order valence-corrected chi connectivity index (χ4v) is 4.93. The molecule has 2 unspecified atom stereocenters. The number of carbonyl (C=O) groups excluding carboxylic acids is 2. The maximum absolute atomic E-state index is 13.7. The van der Waals surface area contributed by atoms with Crippen molar-refractivity contribution in [1.29, 1.82) is 5.26 Å². The number of fused-ring (bicyclic) bond motifs is 1. The molecule has 2 aliphatic rings. The molecule has 4 rings (SSSR count). The molecule has 196 valence electrons. The van der Waals surface area contributed by atoms with Crippen LogP contribution in [0.25, 0.3) is 0 Å². The second kappa shape index (κ2) is 9.89. The number of rotatable bonds is 6. The minimum absolute atomic E-state index is 0.00938. The second-order valence-corrected chi connectivity index (χ2v) is 9.02. The number of urea groups is 1. The van der Waals surface area contributed by atoms with Crippen molar-refractivity contribution in [3.8, 4) is 11.8 Å². The molecule has 1 saturated heterocycles. The number of hydrogen-bond acceptors (Lipinski definition) is 5. The van der Waals surface area contributed by atoms with Gasteiger partial charge in [0.15, 0.2) is 6.10 Å². The van der Waals surface area contributed by atoms with Crippen LogP contribution in [0.2, 0.25) is 0 Å². The molecule has 3 amide bonds. The molecule has 0 bridgehead atoms. The Balaban J connectivity index is 1.78. The van der Waals surface area contributed by atoms with E-state index in [1.54, 1.807) is 0 Å². The first-order valence-electron chi connectivity index (χ1n) is 11.6. The summed E-state index contributed by atoms with van der Waals surface area (Å²) in [5, 5.41) is 18.3. The van der Waals surface area contributed by atoms with E-state index in [2.05, 4.69) is 0 Å². The summed E-state index contributed by atoms with van der Waals surface area (Å²) in [6, 6.07) is 7.36. The first kappa shape index (κ1) is 26.2. The van der Waals surface area contributed by atoms with E-state index in [0.717, 1.165) is 25.0 Å². The number of ether oxygens (including phenoxy) is 1. The van der Waals surface area contributed by atoms with E-state index in [1.807, 2.05) is 0 Å². The number of nitrogens with two attached hydrogens (primary N) is 1. The monoisotopic (exact) mass is 520 g/mol. The average molecular weight is 520 g/mol. The number of primary amides is 1. The minimum atomic E-state index is -4.79. The number of aliphatic hydroxyl groups excluding tert-OH is 1. The first-order chi connectivity index (χ1) is 17.4. The van der Waals surface area contributed by atoms with Crippen LogP contribution < -0.4 is 20.3 Å². The number of aliphatic hydroxyl groups is 1. The maximum Gasteiger partial charge on any atom is 0.417 e. The standard InChI is InChI=1S/C25H24F4N4O4/c1-13(22(26)34)37-21-11-16(8-9-17(21)23(31)35)33-20-5-3-2-4-19(20)32(24(33)36)15-7-6-14(12-30)18(10-15)25(27,28)29/h6-11,13,19-20,22,34H,2-5H2,1H3,(H2,31,35)/t13?,19-,20-,22?/m0/s1. The van der Waals surface area contributed by atoms with Crippen molar-refractivity contribution in [1.82, 2.24) is 0 Å². The van der Waals surface area contributed by atoms with Gasteiger partial charge in [0.05, 0.1) is 34.8 Å². The van der Waals surface area contributed by atoms with Gasteiger partial charge in [-0.1, -0.05) is 12.8 Å². The quantitative estimate of drug-likeness (QED) is 0.544. The van der Waals surface area contributed by atoms with E-state index in [1.165, 1.54) is 47.1 Å². The van der Waals surface area contributed by atoms with Crippen LogP contribution in [0.1, 0.15) is 54.1 Å². The highest BCUT2D eigenvalue weighted by Gasteiger charge is 2.48. The summed E-state index contributed by atoms with van der Waals surface area (Å²) in [6.07, 6.45) is -5.82. The molecule has 2 aromatic carbocycles. The third-order valence-corrected chi connectivity index (χ3v) is 6.69. The summed E-state index contributed by atoms with van der Waals surface area (Å²) in [6.45, 7) is 1.24. The van der Waals surface area contributed by atoms with Crippen LogP contribution in [0.3, 0.4) is 0 Å². The molecule has 37 heavy (non-hydrogen) atoms. The molecular weight excluding hydrogens is 496 g/mol. The van der Waals surface area contributed by atoms with Crippen LogP contribution in [-0.2, 0) is 6.18 Å². The van der Waals surface area contributed by atoms with Gasteiger partial charge in [0.1, 0.15) is 5.75 Å². The normalized spacial score (nSPS) is 21.3. The number of benzene rings is 2. The van der Waals surface area contributed by atoms with Gasteiger partial charge in [-0.3, -0.25) is 14.6 Å². The predicted molar refractivity (Wildman–Crippen MR) is 125 cm³/mol. The van der Waals surface area contributed by atoms with E-state index >= 15 is 0 Å². The molecular formula is C25H24F4N4O4. The van der Waals surface area contributed by atoms with E-state index in [-0.39, 0.29) is 22.7 Å². The van der Waals surface area contributed by atoms with Crippen molar-refractivity contribution in [2.45, 2.75) is 63.3 Å². The Bertz CT molecular complexity index is 1260. The Labute approximate surface area is 209 Å². The summed E-state index contributed by atoms with van der Waals surface area (Å²) in [5.41, 5.74) is 3.90. The maximum atomic E-state index is 13.7. The largest absolute Gasteiger partial charge is 0.484 e. The summed E-state index contributed by atoms with van der Waals surface area (Å²) < 4.78 is 59.6. The van der Waals surface area contributed by atoms with Gasteiger partial charge >= 0.3 is 12.2 Å². The predicted octanol–water partition coefficient (Wildman–Crippen LogP) is 4.49. The lowest BCUT2D eigenvalue weighted by Crippen LogP contribution is -2.40. The lowest BCUT2D eigenvalue weighted by Gasteiger charge is -2.32. The van der Waals surface area contributed by atoms with E-state index in [4.69, 9.17) is 15.7 Å². The number of halogens is 4. The molecule has 0 aromatic heterocycles. The van der Waals surface area contributed by atoms with Gasteiger partial charge in [-0.05, 0) is 50.1 Å². The molecule has 2 fully saturated rings. The molecule has 1 saturated carbocycles. The lowest BCUT2D eigenvalue weighted by atomic mass is 9.89. The average Bonchev–Trinajstić information content (AvgIpc) is 3.14. The lowest BCUT2D eigenvalue weighted by molar-refractivity contribution is -0.137. The molecule has 4 atom stereocenters. The summed E-state index contributed by atoms with van der Waals surface area (Å²) in [5.74, 6) is -1.02. The number of amides is 3. The highest BCUT2D eigenvalue weighted by molar-refractivity contribution is 6.08. The van der Waals surface area contributed by atoms with Crippen molar-refractivity contribution in [2.24, 2.45) is 5.73 Å². The highest BCUT2D eigenvalue weighted by atomic mass is 19.4. The van der Waals surface area contributed by atoms with E-state index < -0.39 is 53.8 Å². The van der Waals surface area contributed by atoms with Gasteiger partial charge in [0.25, 0.3) is 5.91 Å². The fraction of sp³-hybridized carbons (Fsp3) is 0.400. The zero-order valence-corrected chi connectivity index (χ0v) is 19.7. The van der Waals surface area contributed by atoms with Crippen LogP contribution in [0.15, 0.2) is 36.4 Å². The van der Waals surface area contributed by atoms with Gasteiger partial charge in [0.2, 0.25) is 6.36 Å². The third kappa shape index (κ3) is 4.91. The minimum Gasteiger partial charge on any atom is -0.484 e.